The zero-order valence-electron chi connectivity index (χ0n) is 14.1. The van der Waals surface area contributed by atoms with Gasteiger partial charge in [-0.05, 0) is 43.9 Å². The van der Waals surface area contributed by atoms with E-state index in [1.807, 2.05) is 28.8 Å². The van der Waals surface area contributed by atoms with Crippen molar-refractivity contribution in [3.8, 4) is 17.1 Å². The number of hydrogen-bond acceptors (Lipinski definition) is 6. The molecule has 0 amide bonds. The molecule has 0 aliphatic heterocycles. The molecule has 0 aromatic carbocycles. The van der Waals surface area contributed by atoms with Gasteiger partial charge < -0.3 is 15.2 Å². The molecule has 25 heavy (non-hydrogen) atoms. The monoisotopic (exact) mass is 339 g/mol. The second-order valence-corrected chi connectivity index (χ2v) is 6.37. The van der Waals surface area contributed by atoms with Gasteiger partial charge in [0.2, 0.25) is 5.88 Å². The van der Waals surface area contributed by atoms with Crippen molar-refractivity contribution in [1.29, 1.82) is 0 Å². The minimum absolute atomic E-state index is 0.157. The molecule has 7 heteroatoms. The summed E-state index contributed by atoms with van der Waals surface area (Å²) >= 11 is 0. The van der Waals surface area contributed by atoms with E-state index in [9.17, 15) is 5.11 Å². The summed E-state index contributed by atoms with van der Waals surface area (Å²) in [6, 6.07) is 8.03. The SMILES string of the molecule is COc1cc(-c2cnc3ccc(NC4CCC(O)CC4)nn23)ccn1. The number of rotatable bonds is 4. The maximum atomic E-state index is 9.64. The van der Waals surface area contributed by atoms with Gasteiger partial charge in [-0.2, -0.15) is 0 Å². The van der Waals surface area contributed by atoms with Gasteiger partial charge in [0, 0.05) is 23.9 Å². The molecule has 7 nitrogen and oxygen atoms in total. The molecular weight excluding hydrogens is 318 g/mol. The Kier molecular flexibility index (Phi) is 4.23. The van der Waals surface area contributed by atoms with Gasteiger partial charge in [0.15, 0.2) is 5.65 Å². The number of aromatic nitrogens is 4. The van der Waals surface area contributed by atoms with E-state index in [4.69, 9.17) is 9.84 Å². The van der Waals surface area contributed by atoms with Crippen molar-refractivity contribution in [3.05, 3.63) is 36.7 Å². The van der Waals surface area contributed by atoms with E-state index < -0.39 is 0 Å². The standard InChI is InChI=1S/C18H21N5O2/c1-25-18-10-12(8-9-19-18)15-11-20-17-7-6-16(22-23(15)17)21-13-2-4-14(24)5-3-13/h6-11,13-14,24H,2-5H2,1H3,(H,21,22). The van der Waals surface area contributed by atoms with Gasteiger partial charge in [0.1, 0.15) is 5.82 Å². The molecule has 3 aromatic rings. The zero-order valence-corrected chi connectivity index (χ0v) is 14.1. The predicted octanol–water partition coefficient (Wildman–Crippen LogP) is 2.52. The van der Waals surface area contributed by atoms with Crippen molar-refractivity contribution in [2.75, 3.05) is 12.4 Å². The number of ether oxygens (including phenoxy) is 1. The Morgan fingerprint density at radius 3 is 2.80 bits per heavy atom. The largest absolute Gasteiger partial charge is 0.481 e. The number of aliphatic hydroxyl groups excluding tert-OH is 1. The van der Waals surface area contributed by atoms with E-state index in [1.54, 1.807) is 19.5 Å². The molecule has 0 saturated heterocycles. The van der Waals surface area contributed by atoms with Crippen LogP contribution < -0.4 is 10.1 Å². The van der Waals surface area contributed by atoms with E-state index >= 15 is 0 Å². The van der Waals surface area contributed by atoms with Gasteiger partial charge in [-0.15, -0.1) is 5.10 Å². The number of nitrogens with one attached hydrogen (secondary N) is 1. The lowest BCUT2D eigenvalue weighted by Crippen LogP contribution is -2.28. The summed E-state index contributed by atoms with van der Waals surface area (Å²) in [6.45, 7) is 0. The molecular formula is C18H21N5O2. The first-order chi connectivity index (χ1) is 12.2. The summed E-state index contributed by atoms with van der Waals surface area (Å²) in [7, 11) is 1.60. The fourth-order valence-electron chi connectivity index (χ4n) is 3.26. The van der Waals surface area contributed by atoms with Gasteiger partial charge in [-0.3, -0.25) is 0 Å². The fraction of sp³-hybridized carbons (Fsp3) is 0.389. The average molecular weight is 339 g/mol. The highest BCUT2D eigenvalue weighted by atomic mass is 16.5. The van der Waals surface area contributed by atoms with Crippen LogP contribution in [-0.4, -0.2) is 43.9 Å². The van der Waals surface area contributed by atoms with Crippen LogP contribution in [0.1, 0.15) is 25.7 Å². The van der Waals surface area contributed by atoms with Crippen molar-refractivity contribution < 1.29 is 9.84 Å². The molecule has 1 fully saturated rings. The molecule has 1 aliphatic carbocycles. The Morgan fingerprint density at radius 2 is 2.00 bits per heavy atom. The predicted molar refractivity (Wildman–Crippen MR) is 94.7 cm³/mol. The third-order valence-corrected chi connectivity index (χ3v) is 4.65. The summed E-state index contributed by atoms with van der Waals surface area (Å²) in [4.78, 5) is 8.57. The first kappa shape index (κ1) is 15.8. The van der Waals surface area contributed by atoms with Crippen LogP contribution in [0, 0.1) is 0 Å². The normalized spacial score (nSPS) is 20.6. The number of imidazole rings is 1. The lowest BCUT2D eigenvalue weighted by atomic mass is 9.93. The van der Waals surface area contributed by atoms with Crippen LogP contribution in [0.25, 0.3) is 16.9 Å². The van der Waals surface area contributed by atoms with Crippen molar-refractivity contribution in [2.45, 2.75) is 37.8 Å². The molecule has 4 rings (SSSR count). The average Bonchev–Trinajstić information content (AvgIpc) is 3.07. The maximum absolute atomic E-state index is 9.64. The minimum atomic E-state index is -0.157. The smallest absolute Gasteiger partial charge is 0.213 e. The van der Waals surface area contributed by atoms with Crippen molar-refractivity contribution in [2.24, 2.45) is 0 Å². The highest BCUT2D eigenvalue weighted by Crippen LogP contribution is 2.25. The lowest BCUT2D eigenvalue weighted by molar-refractivity contribution is 0.126. The van der Waals surface area contributed by atoms with Gasteiger partial charge in [-0.1, -0.05) is 0 Å². The number of hydrogen-bond donors (Lipinski definition) is 2. The zero-order chi connectivity index (χ0) is 17.2. The Labute approximate surface area is 145 Å². The molecule has 1 saturated carbocycles. The second kappa shape index (κ2) is 6.68. The van der Waals surface area contributed by atoms with Gasteiger partial charge >= 0.3 is 0 Å². The van der Waals surface area contributed by atoms with Crippen molar-refractivity contribution in [1.82, 2.24) is 19.6 Å². The van der Waals surface area contributed by atoms with Gasteiger partial charge in [-0.25, -0.2) is 14.5 Å². The molecule has 0 unspecified atom stereocenters. The maximum Gasteiger partial charge on any atom is 0.213 e. The molecule has 0 atom stereocenters. The lowest BCUT2D eigenvalue weighted by Gasteiger charge is -2.26. The molecule has 0 bridgehead atoms. The van der Waals surface area contributed by atoms with Gasteiger partial charge in [0.05, 0.1) is 25.1 Å². The molecule has 1 aliphatic rings. The second-order valence-electron chi connectivity index (χ2n) is 6.37. The van der Waals surface area contributed by atoms with Crippen LogP contribution in [0.4, 0.5) is 5.82 Å². The Balaban J connectivity index is 1.63. The summed E-state index contributed by atoms with van der Waals surface area (Å²) in [5.41, 5.74) is 2.62. The highest BCUT2D eigenvalue weighted by Gasteiger charge is 2.19. The summed E-state index contributed by atoms with van der Waals surface area (Å²) < 4.78 is 7.03. The van der Waals surface area contributed by atoms with E-state index in [0.717, 1.165) is 48.4 Å². The third kappa shape index (κ3) is 3.28. The quantitative estimate of drug-likeness (QED) is 0.760. The van der Waals surface area contributed by atoms with Crippen LogP contribution >= 0.6 is 0 Å². The summed E-state index contributed by atoms with van der Waals surface area (Å²) in [5.74, 6) is 1.37. The molecule has 3 heterocycles. The topological polar surface area (TPSA) is 84.6 Å². The van der Waals surface area contributed by atoms with Crippen molar-refractivity contribution >= 4 is 11.5 Å². The van der Waals surface area contributed by atoms with E-state index in [2.05, 4.69) is 15.3 Å². The van der Waals surface area contributed by atoms with Gasteiger partial charge in [0.25, 0.3) is 0 Å². The van der Waals surface area contributed by atoms with Crippen LogP contribution in [0.2, 0.25) is 0 Å². The first-order valence-corrected chi connectivity index (χ1v) is 8.53. The van der Waals surface area contributed by atoms with E-state index in [0.29, 0.717) is 11.9 Å². The molecule has 0 spiro atoms. The fourth-order valence-corrected chi connectivity index (χ4v) is 3.26. The minimum Gasteiger partial charge on any atom is -0.481 e. The Hall–Kier alpha value is -2.67. The number of methoxy groups -OCH3 is 1. The number of pyridine rings is 1. The molecule has 0 radical (unpaired) electrons. The van der Waals surface area contributed by atoms with Crippen LogP contribution in [0.3, 0.4) is 0 Å². The third-order valence-electron chi connectivity index (χ3n) is 4.65. The Bertz CT molecular complexity index is 871. The summed E-state index contributed by atoms with van der Waals surface area (Å²) in [5, 5.41) is 17.8. The first-order valence-electron chi connectivity index (χ1n) is 8.53. The van der Waals surface area contributed by atoms with Crippen LogP contribution in [-0.2, 0) is 0 Å². The highest BCUT2D eigenvalue weighted by molar-refractivity contribution is 5.64. The summed E-state index contributed by atoms with van der Waals surface area (Å²) in [6.07, 6.45) is 6.95. The molecule has 130 valence electrons. The van der Waals surface area contributed by atoms with E-state index in [-0.39, 0.29) is 6.10 Å². The molecule has 2 N–H and O–H groups in total. The number of nitrogens with zero attached hydrogens (tertiary/aromatic N) is 4. The van der Waals surface area contributed by atoms with Crippen molar-refractivity contribution in [3.63, 3.8) is 0 Å². The Morgan fingerprint density at radius 1 is 1.16 bits per heavy atom. The van der Waals surface area contributed by atoms with E-state index in [1.165, 1.54) is 0 Å². The number of anilines is 1. The van der Waals surface area contributed by atoms with Crippen LogP contribution in [0.5, 0.6) is 5.88 Å². The number of aliphatic hydroxyl groups is 1. The van der Waals surface area contributed by atoms with Crippen LogP contribution in [0.15, 0.2) is 36.7 Å². The number of fused-ring (bicyclic) bond motifs is 1. The molecule has 3 aromatic heterocycles.